The molecule has 3 aromatic rings. The highest BCUT2D eigenvalue weighted by Gasteiger charge is 2.23. The number of thiophene rings is 1. The van der Waals surface area contributed by atoms with E-state index in [1.807, 2.05) is 0 Å². The number of nitrogens with one attached hydrogen (secondary N) is 1. The zero-order valence-corrected chi connectivity index (χ0v) is 12.8. The van der Waals surface area contributed by atoms with Crippen LogP contribution in [0.15, 0.2) is 17.2 Å². The molecule has 3 aromatic heterocycles. The standard InChI is InChI=1S/C15H14N4O2S/c1-7-2-3-9-10(4-7)22-15-11(9)14(21)18-13(19-15)12-16-5-8(20)6-17-12/h5-7,20H,2-4H2,1H3,(H,18,19,21)/t7-/m1/s1. The third-order valence-electron chi connectivity index (χ3n) is 4.02. The Morgan fingerprint density at radius 1 is 1.36 bits per heavy atom. The highest BCUT2D eigenvalue weighted by atomic mass is 32.1. The van der Waals surface area contributed by atoms with E-state index in [1.165, 1.54) is 17.3 Å². The second kappa shape index (κ2) is 4.88. The average molecular weight is 314 g/mol. The molecule has 0 radical (unpaired) electrons. The Kier molecular flexibility index (Phi) is 2.97. The summed E-state index contributed by atoms with van der Waals surface area (Å²) >= 11 is 1.59. The maximum absolute atomic E-state index is 12.5. The van der Waals surface area contributed by atoms with E-state index in [2.05, 4.69) is 26.9 Å². The van der Waals surface area contributed by atoms with Crippen molar-refractivity contribution in [2.45, 2.75) is 26.2 Å². The summed E-state index contributed by atoms with van der Waals surface area (Å²) in [4.78, 5) is 29.8. The lowest BCUT2D eigenvalue weighted by Crippen LogP contribution is -2.14. The zero-order chi connectivity index (χ0) is 15.3. The molecule has 0 spiro atoms. The van der Waals surface area contributed by atoms with Crippen LogP contribution < -0.4 is 5.56 Å². The number of fused-ring (bicyclic) bond motifs is 3. The smallest absolute Gasteiger partial charge is 0.260 e. The summed E-state index contributed by atoms with van der Waals surface area (Å²) in [5, 5.41) is 9.97. The van der Waals surface area contributed by atoms with Crippen LogP contribution in [0.25, 0.3) is 21.9 Å². The van der Waals surface area contributed by atoms with E-state index in [9.17, 15) is 9.90 Å². The van der Waals surface area contributed by atoms with Gasteiger partial charge in [-0.15, -0.1) is 11.3 Å². The number of aromatic nitrogens is 4. The normalized spacial score (nSPS) is 17.6. The van der Waals surface area contributed by atoms with Gasteiger partial charge in [0.15, 0.2) is 17.4 Å². The second-order valence-corrected chi connectivity index (χ2v) is 6.79. The molecule has 0 amide bonds. The Labute approximate surface area is 129 Å². The molecule has 0 saturated carbocycles. The van der Waals surface area contributed by atoms with Gasteiger partial charge in [0, 0.05) is 4.88 Å². The van der Waals surface area contributed by atoms with Crippen molar-refractivity contribution in [3.8, 4) is 17.4 Å². The summed E-state index contributed by atoms with van der Waals surface area (Å²) in [5.74, 6) is 1.27. The van der Waals surface area contributed by atoms with Gasteiger partial charge in [-0.1, -0.05) is 6.92 Å². The Hall–Kier alpha value is -2.28. The molecule has 2 N–H and O–H groups in total. The monoisotopic (exact) mass is 314 g/mol. The van der Waals surface area contributed by atoms with Gasteiger partial charge in [-0.25, -0.2) is 15.0 Å². The number of aromatic amines is 1. The highest BCUT2D eigenvalue weighted by molar-refractivity contribution is 7.18. The van der Waals surface area contributed by atoms with Crippen LogP contribution in [0.5, 0.6) is 5.75 Å². The van der Waals surface area contributed by atoms with Crippen LogP contribution >= 0.6 is 11.3 Å². The van der Waals surface area contributed by atoms with Gasteiger partial charge < -0.3 is 10.1 Å². The van der Waals surface area contributed by atoms with E-state index in [0.717, 1.165) is 35.0 Å². The molecular weight excluding hydrogens is 300 g/mol. The van der Waals surface area contributed by atoms with Crippen LogP contribution in [0.4, 0.5) is 0 Å². The van der Waals surface area contributed by atoms with Gasteiger partial charge in [0.05, 0.1) is 17.8 Å². The summed E-state index contributed by atoms with van der Waals surface area (Å²) in [5.41, 5.74) is 1.02. The van der Waals surface area contributed by atoms with Crippen LogP contribution in [0.3, 0.4) is 0 Å². The minimum atomic E-state index is -0.135. The summed E-state index contributed by atoms with van der Waals surface area (Å²) < 4.78 is 0. The van der Waals surface area contributed by atoms with Crippen molar-refractivity contribution in [3.63, 3.8) is 0 Å². The lowest BCUT2D eigenvalue weighted by atomic mass is 9.89. The number of aromatic hydroxyl groups is 1. The summed E-state index contributed by atoms with van der Waals surface area (Å²) in [7, 11) is 0. The maximum atomic E-state index is 12.5. The Bertz CT molecular complexity index is 914. The topological polar surface area (TPSA) is 91.8 Å². The van der Waals surface area contributed by atoms with Gasteiger partial charge in [-0.2, -0.15) is 0 Å². The third kappa shape index (κ3) is 2.09. The number of hydrogen-bond donors (Lipinski definition) is 2. The SMILES string of the molecule is C[C@@H]1CCc2c(sc3nc(-c4ncc(O)cn4)[nH]c(=O)c23)C1. The predicted octanol–water partition coefficient (Wildman–Crippen LogP) is 2.27. The quantitative estimate of drug-likeness (QED) is 0.719. The van der Waals surface area contributed by atoms with Gasteiger partial charge >= 0.3 is 0 Å². The molecule has 7 heteroatoms. The van der Waals surface area contributed by atoms with Crippen LogP contribution in [-0.4, -0.2) is 25.0 Å². The Morgan fingerprint density at radius 2 is 2.14 bits per heavy atom. The van der Waals surface area contributed by atoms with Crippen LogP contribution in [0.2, 0.25) is 0 Å². The van der Waals surface area contributed by atoms with Crippen LogP contribution in [0, 0.1) is 5.92 Å². The number of hydrogen-bond acceptors (Lipinski definition) is 6. The van der Waals surface area contributed by atoms with Crippen molar-refractivity contribution in [2.75, 3.05) is 0 Å². The van der Waals surface area contributed by atoms with Gasteiger partial charge in [0.2, 0.25) is 0 Å². The molecule has 6 nitrogen and oxygen atoms in total. The number of nitrogens with zero attached hydrogens (tertiary/aromatic N) is 3. The van der Waals surface area contributed by atoms with Crippen molar-refractivity contribution in [1.82, 2.24) is 19.9 Å². The van der Waals surface area contributed by atoms with E-state index in [1.54, 1.807) is 11.3 Å². The first kappa shape index (κ1) is 13.4. The van der Waals surface area contributed by atoms with Crippen molar-refractivity contribution < 1.29 is 5.11 Å². The third-order valence-corrected chi connectivity index (χ3v) is 5.16. The lowest BCUT2D eigenvalue weighted by molar-refractivity contribution is 0.470. The van der Waals surface area contributed by atoms with E-state index in [-0.39, 0.29) is 11.3 Å². The molecule has 4 rings (SSSR count). The Balaban J connectivity index is 1.90. The molecule has 1 aliphatic carbocycles. The fourth-order valence-electron chi connectivity index (χ4n) is 2.90. The Morgan fingerprint density at radius 3 is 2.91 bits per heavy atom. The molecule has 0 fully saturated rings. The first-order valence-corrected chi connectivity index (χ1v) is 7.99. The number of rotatable bonds is 1. The van der Waals surface area contributed by atoms with Crippen LogP contribution in [0.1, 0.15) is 23.8 Å². The second-order valence-electron chi connectivity index (χ2n) is 5.71. The molecule has 0 aliphatic heterocycles. The van der Waals surface area contributed by atoms with Gasteiger partial charge in [0.1, 0.15) is 4.83 Å². The fourth-order valence-corrected chi connectivity index (χ4v) is 4.28. The summed E-state index contributed by atoms with van der Waals surface area (Å²) in [6.45, 7) is 2.24. The van der Waals surface area contributed by atoms with E-state index >= 15 is 0 Å². The fraction of sp³-hybridized carbons (Fsp3) is 0.333. The molecule has 0 unspecified atom stereocenters. The zero-order valence-electron chi connectivity index (χ0n) is 12.0. The number of aryl methyl sites for hydroxylation is 1. The van der Waals surface area contributed by atoms with Crippen molar-refractivity contribution >= 4 is 21.6 Å². The largest absolute Gasteiger partial charge is 0.505 e. The van der Waals surface area contributed by atoms with Gasteiger partial charge in [-0.3, -0.25) is 4.79 Å². The maximum Gasteiger partial charge on any atom is 0.260 e. The molecule has 112 valence electrons. The predicted molar refractivity (Wildman–Crippen MR) is 84.1 cm³/mol. The molecule has 0 bridgehead atoms. The molecule has 22 heavy (non-hydrogen) atoms. The van der Waals surface area contributed by atoms with Crippen molar-refractivity contribution in [1.29, 1.82) is 0 Å². The molecule has 1 atom stereocenters. The molecule has 1 aliphatic rings. The molecular formula is C15H14N4O2S. The average Bonchev–Trinajstić information content (AvgIpc) is 2.85. The molecule has 3 heterocycles. The first-order valence-electron chi connectivity index (χ1n) is 7.18. The first-order chi connectivity index (χ1) is 10.6. The highest BCUT2D eigenvalue weighted by Crippen LogP contribution is 2.35. The molecule has 0 saturated heterocycles. The summed E-state index contributed by atoms with van der Waals surface area (Å²) in [6, 6.07) is 0. The van der Waals surface area contributed by atoms with Gasteiger partial charge in [-0.05, 0) is 30.7 Å². The van der Waals surface area contributed by atoms with E-state index < -0.39 is 0 Å². The lowest BCUT2D eigenvalue weighted by Gasteiger charge is -2.17. The van der Waals surface area contributed by atoms with E-state index in [4.69, 9.17) is 0 Å². The number of H-pyrrole nitrogens is 1. The van der Waals surface area contributed by atoms with Crippen molar-refractivity contribution in [3.05, 3.63) is 33.2 Å². The molecule has 0 aromatic carbocycles. The van der Waals surface area contributed by atoms with E-state index in [0.29, 0.717) is 17.6 Å². The summed E-state index contributed by atoms with van der Waals surface area (Å²) in [6.07, 6.45) is 5.64. The van der Waals surface area contributed by atoms with Crippen LogP contribution in [-0.2, 0) is 12.8 Å². The minimum Gasteiger partial charge on any atom is -0.505 e. The minimum absolute atomic E-state index is 0.0206. The van der Waals surface area contributed by atoms with Gasteiger partial charge in [0.25, 0.3) is 5.56 Å². The van der Waals surface area contributed by atoms with Crippen molar-refractivity contribution in [2.24, 2.45) is 5.92 Å².